The second kappa shape index (κ2) is 18.6. The van der Waals surface area contributed by atoms with Gasteiger partial charge in [0, 0.05) is 37.5 Å². The third-order valence-electron chi connectivity index (χ3n) is 9.93. The highest BCUT2D eigenvalue weighted by Crippen LogP contribution is 2.42. The summed E-state index contributed by atoms with van der Waals surface area (Å²) in [6.07, 6.45) is -0.592. The highest BCUT2D eigenvalue weighted by molar-refractivity contribution is 5.84. The molecule has 0 radical (unpaired) electrons. The third-order valence-corrected chi connectivity index (χ3v) is 9.93. The van der Waals surface area contributed by atoms with Gasteiger partial charge in [-0.05, 0) is 46.0 Å². The van der Waals surface area contributed by atoms with E-state index >= 15 is 0 Å². The van der Waals surface area contributed by atoms with Crippen LogP contribution in [0.4, 0.5) is 4.79 Å². The summed E-state index contributed by atoms with van der Waals surface area (Å²) < 4.78 is 18.4. The maximum absolute atomic E-state index is 13.0. The van der Waals surface area contributed by atoms with Crippen molar-refractivity contribution in [2.45, 2.75) is 57.6 Å². The first-order valence-corrected chi connectivity index (χ1v) is 18.4. The Hall–Kier alpha value is -5.32. The number of hydrogen-bond acceptors (Lipinski definition) is 7. The molecule has 5 atom stereocenters. The van der Waals surface area contributed by atoms with E-state index in [1.165, 1.54) is 12.7 Å². The molecule has 1 heterocycles. The zero-order chi connectivity index (χ0) is 37.9. The first-order valence-electron chi connectivity index (χ1n) is 18.4. The van der Waals surface area contributed by atoms with Crippen LogP contribution in [0.25, 0.3) is 11.1 Å². The monoisotopic (exact) mass is 727 g/mol. The van der Waals surface area contributed by atoms with E-state index in [0.29, 0.717) is 6.42 Å². The summed E-state index contributed by atoms with van der Waals surface area (Å²) in [6, 6.07) is 42.7. The van der Waals surface area contributed by atoms with Gasteiger partial charge < -0.3 is 30.0 Å². The van der Waals surface area contributed by atoms with Gasteiger partial charge in [0.2, 0.25) is 0 Å². The largest absolute Gasteiger partial charge is 0.467 e. The molecule has 0 aliphatic carbocycles. The minimum atomic E-state index is -0.823. The highest BCUT2D eigenvalue weighted by Gasteiger charge is 2.39. The molecule has 6 rings (SSSR count). The number of likely N-dealkylation sites (N-methyl/N-ethyl adjacent to an activating group) is 1. The zero-order valence-corrected chi connectivity index (χ0v) is 31.1. The summed E-state index contributed by atoms with van der Waals surface area (Å²) in [5.74, 6) is -0.442. The van der Waals surface area contributed by atoms with E-state index in [0.717, 1.165) is 52.0 Å². The molecule has 1 aliphatic heterocycles. The molecule has 1 saturated heterocycles. The maximum Gasteiger partial charge on any atom is 0.328 e. The van der Waals surface area contributed by atoms with Crippen molar-refractivity contribution in [1.29, 1.82) is 0 Å². The van der Waals surface area contributed by atoms with Crippen LogP contribution in [-0.2, 0) is 45.1 Å². The molecule has 2 amide bonds. The maximum atomic E-state index is 13.0. The molecular weight excluding hydrogens is 679 g/mol. The number of nitrogens with one attached hydrogen (secondary N) is 2. The van der Waals surface area contributed by atoms with E-state index < -0.39 is 24.3 Å². The van der Waals surface area contributed by atoms with Crippen LogP contribution in [0.5, 0.6) is 0 Å². The van der Waals surface area contributed by atoms with Crippen molar-refractivity contribution in [3.05, 3.63) is 167 Å². The summed E-state index contributed by atoms with van der Waals surface area (Å²) in [6.45, 7) is 3.95. The molecule has 54 heavy (non-hydrogen) atoms. The Morgan fingerprint density at radius 3 is 2.07 bits per heavy atom. The molecule has 9 nitrogen and oxygen atoms in total. The summed E-state index contributed by atoms with van der Waals surface area (Å²) in [5.41, 5.74) is 7.84. The Kier molecular flexibility index (Phi) is 13.2. The fourth-order valence-corrected chi connectivity index (χ4v) is 6.94. The molecule has 0 bridgehead atoms. The predicted octanol–water partition coefficient (Wildman–Crippen LogP) is 7.35. The van der Waals surface area contributed by atoms with Crippen LogP contribution in [0.2, 0.25) is 0 Å². The Bertz CT molecular complexity index is 1940. The number of rotatable bonds is 14. The van der Waals surface area contributed by atoms with Gasteiger partial charge in [-0.1, -0.05) is 140 Å². The Balaban J connectivity index is 1.15. The number of methoxy groups -OCH3 is 1. The lowest BCUT2D eigenvalue weighted by atomic mass is 9.90. The predicted molar refractivity (Wildman–Crippen MR) is 209 cm³/mol. The number of nitrogens with zero attached hydrogens (tertiary/aromatic N) is 1. The Morgan fingerprint density at radius 1 is 0.778 bits per heavy atom. The number of ether oxygens (including phenoxy) is 3. The molecule has 5 unspecified atom stereocenters. The van der Waals surface area contributed by atoms with Crippen LogP contribution >= 0.6 is 0 Å². The number of carbonyl (C=O) groups is 2. The number of benzene rings is 5. The second-order valence-electron chi connectivity index (χ2n) is 13.9. The normalized spacial score (nSPS) is 18.8. The lowest BCUT2D eigenvalue weighted by Gasteiger charge is -2.42. The van der Waals surface area contributed by atoms with E-state index in [1.807, 2.05) is 109 Å². The number of aliphatic hydroxyl groups excluding tert-OH is 1. The molecular formula is C45H49N3O6. The third kappa shape index (κ3) is 10.0. The number of aliphatic hydroxyl groups is 1. The standard InChI is InChI=1S/C45H49N3O6/c1-31-41(29-48(2)28-33-14-8-5-9-15-33)53-44(54-42(31)36-20-18-34(30-49)19-21-36)37-24-22-35(23-25-37)39-17-11-10-16-38(39)27-46-45(51)47-40(43(50)52-3)26-32-12-6-4-7-13-32/h4-25,31,40-42,44,49H,26-30H2,1-3H3,(H2,46,47,51). The Morgan fingerprint density at radius 2 is 1.41 bits per heavy atom. The quantitative estimate of drug-likeness (QED) is 0.103. The molecule has 280 valence electrons. The highest BCUT2D eigenvalue weighted by atomic mass is 16.7. The van der Waals surface area contributed by atoms with E-state index in [-0.39, 0.29) is 31.3 Å². The van der Waals surface area contributed by atoms with Crippen LogP contribution in [-0.4, -0.2) is 54.9 Å². The van der Waals surface area contributed by atoms with Gasteiger partial charge in [-0.3, -0.25) is 4.90 Å². The second-order valence-corrected chi connectivity index (χ2v) is 13.9. The molecule has 9 heteroatoms. The van der Waals surface area contributed by atoms with E-state index in [2.05, 4.69) is 53.8 Å². The van der Waals surface area contributed by atoms with Crippen molar-refractivity contribution in [1.82, 2.24) is 15.5 Å². The summed E-state index contributed by atoms with van der Waals surface area (Å²) in [5, 5.41) is 15.3. The average Bonchev–Trinajstić information content (AvgIpc) is 3.21. The van der Waals surface area contributed by atoms with E-state index in [4.69, 9.17) is 14.2 Å². The number of carbonyl (C=O) groups excluding carboxylic acids is 2. The molecule has 1 fully saturated rings. The van der Waals surface area contributed by atoms with Crippen molar-refractivity contribution in [2.24, 2.45) is 5.92 Å². The first kappa shape index (κ1) is 38.4. The number of amides is 2. The zero-order valence-electron chi connectivity index (χ0n) is 31.1. The SMILES string of the molecule is COC(=O)C(Cc1ccccc1)NC(=O)NCc1ccccc1-c1ccc(C2OC(CN(C)Cc3ccccc3)C(C)C(c3ccc(CO)cc3)O2)cc1. The van der Waals surface area contributed by atoms with Gasteiger partial charge in [0.25, 0.3) is 0 Å². The van der Waals surface area contributed by atoms with Crippen molar-refractivity contribution < 1.29 is 28.9 Å². The van der Waals surface area contributed by atoms with E-state index in [9.17, 15) is 14.7 Å². The van der Waals surface area contributed by atoms with Crippen LogP contribution in [0.3, 0.4) is 0 Å². The molecule has 3 N–H and O–H groups in total. The minimum absolute atomic E-state index is 0.0106. The first-order chi connectivity index (χ1) is 26.3. The van der Waals surface area contributed by atoms with Gasteiger partial charge in [-0.25, -0.2) is 9.59 Å². The van der Waals surface area contributed by atoms with Crippen molar-refractivity contribution in [3.8, 4) is 11.1 Å². The number of urea groups is 1. The molecule has 0 spiro atoms. The molecule has 5 aromatic rings. The van der Waals surface area contributed by atoms with Crippen molar-refractivity contribution >= 4 is 12.0 Å². The lowest BCUT2D eigenvalue weighted by Crippen LogP contribution is -2.47. The molecule has 0 aromatic heterocycles. The summed E-state index contributed by atoms with van der Waals surface area (Å²) in [7, 11) is 3.43. The minimum Gasteiger partial charge on any atom is -0.467 e. The van der Waals surface area contributed by atoms with Gasteiger partial charge in [-0.2, -0.15) is 0 Å². The van der Waals surface area contributed by atoms with Gasteiger partial charge >= 0.3 is 12.0 Å². The smallest absolute Gasteiger partial charge is 0.328 e. The van der Waals surface area contributed by atoms with Gasteiger partial charge in [0.15, 0.2) is 6.29 Å². The lowest BCUT2D eigenvalue weighted by molar-refractivity contribution is -0.276. The fraction of sp³-hybridized carbons (Fsp3) is 0.289. The fourth-order valence-electron chi connectivity index (χ4n) is 6.94. The van der Waals surface area contributed by atoms with Crippen LogP contribution < -0.4 is 10.6 Å². The van der Waals surface area contributed by atoms with Crippen molar-refractivity contribution in [2.75, 3.05) is 20.7 Å². The van der Waals surface area contributed by atoms with Crippen LogP contribution in [0, 0.1) is 5.92 Å². The van der Waals surface area contributed by atoms with Crippen LogP contribution in [0.1, 0.15) is 52.7 Å². The molecule has 1 aliphatic rings. The van der Waals surface area contributed by atoms with Gasteiger partial charge in [-0.15, -0.1) is 0 Å². The Labute approximate surface area is 317 Å². The number of hydrogen-bond donors (Lipinski definition) is 3. The van der Waals surface area contributed by atoms with Crippen LogP contribution in [0.15, 0.2) is 133 Å². The summed E-state index contributed by atoms with van der Waals surface area (Å²) in [4.78, 5) is 27.8. The topological polar surface area (TPSA) is 109 Å². The van der Waals surface area contributed by atoms with Gasteiger partial charge in [0.05, 0.1) is 25.9 Å². The molecule has 5 aromatic carbocycles. The average molecular weight is 728 g/mol. The van der Waals surface area contributed by atoms with Gasteiger partial charge in [0.1, 0.15) is 6.04 Å². The van der Waals surface area contributed by atoms with E-state index in [1.54, 1.807) is 0 Å². The molecule has 0 saturated carbocycles. The summed E-state index contributed by atoms with van der Waals surface area (Å²) >= 11 is 0. The number of esters is 1. The van der Waals surface area contributed by atoms with Crippen molar-refractivity contribution in [3.63, 3.8) is 0 Å².